The van der Waals surface area contributed by atoms with Crippen molar-refractivity contribution in [2.75, 3.05) is 18.4 Å². The number of hydrogen-bond acceptors (Lipinski definition) is 2. The molecule has 0 spiro atoms. The van der Waals surface area contributed by atoms with Gasteiger partial charge in [0.1, 0.15) is 0 Å². The van der Waals surface area contributed by atoms with Crippen LogP contribution in [0.4, 0.5) is 10.5 Å². The molecule has 26 heavy (non-hydrogen) atoms. The van der Waals surface area contributed by atoms with E-state index in [4.69, 9.17) is 0 Å². The number of carbonyl (C=O) groups excluding carboxylic acids is 2. The fourth-order valence-electron chi connectivity index (χ4n) is 2.62. The number of carbonyl (C=O) groups is 2. The fourth-order valence-corrected chi connectivity index (χ4v) is 3.10. The van der Waals surface area contributed by atoms with Crippen molar-refractivity contribution in [2.24, 2.45) is 0 Å². The smallest absolute Gasteiger partial charge is 0.315 e. The van der Waals surface area contributed by atoms with Crippen LogP contribution in [-0.2, 0) is 4.79 Å². The molecule has 0 fully saturated rings. The molecule has 5 nitrogen and oxygen atoms in total. The highest BCUT2D eigenvalue weighted by Crippen LogP contribution is 2.20. The molecule has 2 aromatic rings. The SMILES string of the molecule is CCC(CNC(=O)NCC(=O)Nc1ccc(Br)cc1C)c1ccccc1. The quantitative estimate of drug-likeness (QED) is 0.631. The third kappa shape index (κ3) is 6.19. The first-order chi connectivity index (χ1) is 12.5. The van der Waals surface area contributed by atoms with Crippen LogP contribution < -0.4 is 16.0 Å². The average Bonchev–Trinajstić information content (AvgIpc) is 2.64. The van der Waals surface area contributed by atoms with Crippen molar-refractivity contribution in [1.82, 2.24) is 10.6 Å². The van der Waals surface area contributed by atoms with E-state index in [1.165, 1.54) is 5.56 Å². The summed E-state index contributed by atoms with van der Waals surface area (Å²) in [5, 5.41) is 8.22. The number of amides is 3. The molecule has 1 unspecified atom stereocenters. The Morgan fingerprint density at radius 2 is 1.81 bits per heavy atom. The van der Waals surface area contributed by atoms with Gasteiger partial charge in [0.05, 0.1) is 6.54 Å². The highest BCUT2D eigenvalue weighted by molar-refractivity contribution is 9.10. The number of benzene rings is 2. The van der Waals surface area contributed by atoms with E-state index < -0.39 is 0 Å². The second-order valence-electron chi connectivity index (χ2n) is 6.09. The molecular weight excluding hydrogens is 394 g/mol. The number of aryl methyl sites for hydroxylation is 1. The highest BCUT2D eigenvalue weighted by atomic mass is 79.9. The summed E-state index contributed by atoms with van der Waals surface area (Å²) in [6.45, 7) is 4.45. The van der Waals surface area contributed by atoms with Gasteiger partial charge in [0.25, 0.3) is 0 Å². The predicted molar refractivity (Wildman–Crippen MR) is 108 cm³/mol. The molecule has 0 saturated heterocycles. The molecule has 0 bridgehead atoms. The van der Waals surface area contributed by atoms with Crippen LogP contribution in [0.25, 0.3) is 0 Å². The maximum absolute atomic E-state index is 12.0. The molecule has 0 heterocycles. The predicted octanol–water partition coefficient (Wildman–Crippen LogP) is 4.19. The van der Waals surface area contributed by atoms with Gasteiger partial charge in [0.2, 0.25) is 5.91 Å². The Morgan fingerprint density at radius 1 is 1.08 bits per heavy atom. The summed E-state index contributed by atoms with van der Waals surface area (Å²) >= 11 is 3.39. The lowest BCUT2D eigenvalue weighted by Gasteiger charge is -2.16. The number of rotatable bonds is 7. The first-order valence-electron chi connectivity index (χ1n) is 8.62. The van der Waals surface area contributed by atoms with E-state index in [2.05, 4.69) is 50.9 Å². The Morgan fingerprint density at radius 3 is 2.46 bits per heavy atom. The van der Waals surface area contributed by atoms with E-state index in [0.717, 1.165) is 22.1 Å². The summed E-state index contributed by atoms with van der Waals surface area (Å²) in [5.41, 5.74) is 2.88. The summed E-state index contributed by atoms with van der Waals surface area (Å²) < 4.78 is 0.953. The minimum Gasteiger partial charge on any atom is -0.338 e. The van der Waals surface area contributed by atoms with Crippen molar-refractivity contribution in [3.63, 3.8) is 0 Å². The Bertz CT molecular complexity index is 750. The monoisotopic (exact) mass is 417 g/mol. The van der Waals surface area contributed by atoms with Crippen molar-refractivity contribution in [3.05, 3.63) is 64.1 Å². The Balaban J connectivity index is 1.76. The lowest BCUT2D eigenvalue weighted by Crippen LogP contribution is -2.41. The van der Waals surface area contributed by atoms with Crippen molar-refractivity contribution < 1.29 is 9.59 Å². The molecule has 0 aromatic heterocycles. The van der Waals surface area contributed by atoms with Crippen LogP contribution in [0.1, 0.15) is 30.4 Å². The van der Waals surface area contributed by atoms with Gasteiger partial charge >= 0.3 is 6.03 Å². The third-order valence-electron chi connectivity index (χ3n) is 4.14. The zero-order valence-corrected chi connectivity index (χ0v) is 16.6. The third-order valence-corrected chi connectivity index (χ3v) is 4.64. The molecule has 0 saturated carbocycles. The summed E-state index contributed by atoms with van der Waals surface area (Å²) in [4.78, 5) is 24.0. The molecule has 0 aliphatic carbocycles. The van der Waals surface area contributed by atoms with E-state index in [9.17, 15) is 9.59 Å². The van der Waals surface area contributed by atoms with Gasteiger partial charge in [0.15, 0.2) is 0 Å². The summed E-state index contributed by atoms with van der Waals surface area (Å²) in [6.07, 6.45) is 0.924. The number of hydrogen-bond donors (Lipinski definition) is 3. The van der Waals surface area contributed by atoms with Crippen molar-refractivity contribution in [1.29, 1.82) is 0 Å². The molecule has 0 aliphatic heterocycles. The lowest BCUT2D eigenvalue weighted by atomic mass is 9.97. The maximum atomic E-state index is 12.0. The van der Waals surface area contributed by atoms with Crippen LogP contribution in [0.3, 0.4) is 0 Å². The second-order valence-corrected chi connectivity index (χ2v) is 7.00. The van der Waals surface area contributed by atoms with E-state index in [0.29, 0.717) is 6.54 Å². The van der Waals surface area contributed by atoms with E-state index in [1.807, 2.05) is 43.3 Å². The average molecular weight is 418 g/mol. The Kier molecular flexibility index (Phi) is 7.66. The molecule has 2 rings (SSSR count). The van der Waals surface area contributed by atoms with Gasteiger partial charge in [-0.1, -0.05) is 53.2 Å². The first-order valence-corrected chi connectivity index (χ1v) is 9.41. The lowest BCUT2D eigenvalue weighted by molar-refractivity contribution is -0.115. The number of halogens is 1. The van der Waals surface area contributed by atoms with Gasteiger partial charge < -0.3 is 16.0 Å². The zero-order valence-electron chi connectivity index (χ0n) is 15.0. The summed E-state index contributed by atoms with van der Waals surface area (Å²) in [7, 11) is 0. The van der Waals surface area contributed by atoms with Crippen LogP contribution in [0, 0.1) is 6.92 Å². The van der Waals surface area contributed by atoms with Crippen LogP contribution in [0.5, 0.6) is 0 Å². The zero-order chi connectivity index (χ0) is 18.9. The van der Waals surface area contributed by atoms with Crippen LogP contribution in [0.2, 0.25) is 0 Å². The van der Waals surface area contributed by atoms with E-state index >= 15 is 0 Å². The molecule has 0 aliphatic rings. The minimum absolute atomic E-state index is 0.0799. The normalized spacial score (nSPS) is 11.5. The molecular formula is C20H24BrN3O2. The van der Waals surface area contributed by atoms with Gasteiger partial charge in [-0.05, 0) is 42.7 Å². The first kappa shape index (κ1) is 20.0. The number of anilines is 1. The highest BCUT2D eigenvalue weighted by Gasteiger charge is 2.11. The largest absolute Gasteiger partial charge is 0.338 e. The second kappa shape index (κ2) is 9.97. The fraction of sp³-hybridized carbons (Fsp3) is 0.300. The molecule has 0 radical (unpaired) electrons. The molecule has 6 heteroatoms. The molecule has 3 amide bonds. The standard InChI is InChI=1S/C20H24BrN3O2/c1-3-15(16-7-5-4-6-8-16)12-22-20(26)23-13-19(25)24-18-10-9-17(21)11-14(18)2/h4-11,15H,3,12-13H2,1-2H3,(H,24,25)(H2,22,23,26). The van der Waals surface area contributed by atoms with Crippen LogP contribution in [-0.4, -0.2) is 25.0 Å². The van der Waals surface area contributed by atoms with Gasteiger partial charge in [-0.15, -0.1) is 0 Å². The molecule has 2 aromatic carbocycles. The molecule has 138 valence electrons. The summed E-state index contributed by atoms with van der Waals surface area (Å²) in [6, 6.07) is 15.3. The van der Waals surface area contributed by atoms with Gasteiger partial charge in [0, 0.05) is 22.6 Å². The van der Waals surface area contributed by atoms with Crippen LogP contribution >= 0.6 is 15.9 Å². The van der Waals surface area contributed by atoms with Crippen molar-refractivity contribution in [3.8, 4) is 0 Å². The van der Waals surface area contributed by atoms with Gasteiger partial charge in [-0.25, -0.2) is 4.79 Å². The molecule has 1 atom stereocenters. The Labute approximate surface area is 162 Å². The van der Waals surface area contributed by atoms with E-state index in [1.54, 1.807) is 0 Å². The Hall–Kier alpha value is -2.34. The minimum atomic E-state index is -0.345. The van der Waals surface area contributed by atoms with Gasteiger partial charge in [-0.2, -0.15) is 0 Å². The van der Waals surface area contributed by atoms with Crippen LogP contribution in [0.15, 0.2) is 53.0 Å². The number of nitrogens with one attached hydrogen (secondary N) is 3. The van der Waals surface area contributed by atoms with E-state index in [-0.39, 0.29) is 24.4 Å². The van der Waals surface area contributed by atoms with Crippen molar-refractivity contribution >= 4 is 33.6 Å². The number of urea groups is 1. The topological polar surface area (TPSA) is 70.2 Å². The van der Waals surface area contributed by atoms with Gasteiger partial charge in [-0.3, -0.25) is 4.79 Å². The molecule has 3 N–H and O–H groups in total. The van der Waals surface area contributed by atoms with Crippen molar-refractivity contribution in [2.45, 2.75) is 26.2 Å². The maximum Gasteiger partial charge on any atom is 0.315 e. The summed E-state index contributed by atoms with van der Waals surface area (Å²) in [5.74, 6) is -0.0122.